The van der Waals surface area contributed by atoms with Gasteiger partial charge in [-0.25, -0.2) is 8.42 Å². The summed E-state index contributed by atoms with van der Waals surface area (Å²) in [6, 6.07) is -0.845. The first kappa shape index (κ1) is 14.8. The average Bonchev–Trinajstić information content (AvgIpc) is 2.39. The van der Waals surface area contributed by atoms with Crippen molar-refractivity contribution >= 4 is 16.0 Å². The van der Waals surface area contributed by atoms with E-state index in [1.807, 2.05) is 0 Å². The molecule has 0 amide bonds. The lowest BCUT2D eigenvalue weighted by Gasteiger charge is -2.33. The van der Waals surface area contributed by atoms with Gasteiger partial charge < -0.3 is 5.11 Å². The van der Waals surface area contributed by atoms with Crippen LogP contribution in [-0.2, 0) is 14.8 Å². The summed E-state index contributed by atoms with van der Waals surface area (Å²) in [5, 5.41) is 9.17. The molecule has 2 fully saturated rings. The van der Waals surface area contributed by atoms with Crippen molar-refractivity contribution in [1.29, 1.82) is 0 Å². The third-order valence-electron chi connectivity index (χ3n) is 4.27. The minimum Gasteiger partial charge on any atom is -0.480 e. The molecule has 1 aliphatic carbocycles. The van der Waals surface area contributed by atoms with Crippen molar-refractivity contribution in [3.05, 3.63) is 0 Å². The predicted octanol–water partition coefficient (Wildman–Crippen LogP) is 1.84. The first-order chi connectivity index (χ1) is 9.00. The first-order valence-electron chi connectivity index (χ1n) is 7.23. The highest BCUT2D eigenvalue weighted by Crippen LogP contribution is 2.28. The lowest BCUT2D eigenvalue weighted by atomic mass is 9.91. The molecule has 0 aromatic carbocycles. The van der Waals surface area contributed by atoms with Crippen molar-refractivity contribution in [1.82, 2.24) is 4.31 Å². The minimum atomic E-state index is -3.42. The summed E-state index contributed by atoms with van der Waals surface area (Å²) in [5.74, 6) is -0.654. The van der Waals surface area contributed by atoms with E-state index in [1.54, 1.807) is 0 Å². The third-order valence-corrected chi connectivity index (χ3v) is 6.31. The molecule has 5 nitrogen and oxygen atoms in total. The zero-order chi connectivity index (χ0) is 13.9. The molecule has 2 aliphatic rings. The molecule has 0 unspecified atom stereocenters. The molecule has 19 heavy (non-hydrogen) atoms. The summed E-state index contributed by atoms with van der Waals surface area (Å²) in [7, 11) is -3.42. The Morgan fingerprint density at radius 3 is 2.32 bits per heavy atom. The second-order valence-electron chi connectivity index (χ2n) is 5.74. The monoisotopic (exact) mass is 289 g/mol. The van der Waals surface area contributed by atoms with Crippen molar-refractivity contribution in [2.24, 2.45) is 5.92 Å². The zero-order valence-corrected chi connectivity index (χ0v) is 12.1. The van der Waals surface area contributed by atoms with E-state index in [9.17, 15) is 18.3 Å². The molecular formula is C13H23NO4S. The van der Waals surface area contributed by atoms with Crippen LogP contribution in [-0.4, -0.2) is 42.1 Å². The molecule has 1 aliphatic heterocycles. The number of carbonyl (C=O) groups is 1. The molecule has 6 heteroatoms. The molecule has 1 N–H and O–H groups in total. The second kappa shape index (κ2) is 6.22. The van der Waals surface area contributed by atoms with Gasteiger partial charge in [-0.2, -0.15) is 4.31 Å². The van der Waals surface area contributed by atoms with Crippen LogP contribution in [0.3, 0.4) is 0 Å². The van der Waals surface area contributed by atoms with Gasteiger partial charge >= 0.3 is 5.97 Å². The molecule has 1 heterocycles. The SMILES string of the molecule is O=C(O)[C@H]1CCCCN1S(=O)(=O)CC1CCCCC1. The highest BCUT2D eigenvalue weighted by Gasteiger charge is 2.37. The number of aliphatic carboxylic acids is 1. The maximum Gasteiger partial charge on any atom is 0.322 e. The number of piperidine rings is 1. The fourth-order valence-corrected chi connectivity index (χ4v) is 5.34. The summed E-state index contributed by atoms with van der Waals surface area (Å²) in [6.07, 6.45) is 7.33. The fourth-order valence-electron chi connectivity index (χ4n) is 3.23. The molecule has 0 aromatic heterocycles. The van der Waals surface area contributed by atoms with Crippen LogP contribution in [0.5, 0.6) is 0 Å². The fraction of sp³-hybridized carbons (Fsp3) is 0.923. The van der Waals surface area contributed by atoms with E-state index in [1.165, 1.54) is 10.7 Å². The van der Waals surface area contributed by atoms with E-state index in [0.717, 1.165) is 38.5 Å². The Hall–Kier alpha value is -0.620. The van der Waals surface area contributed by atoms with Crippen LogP contribution < -0.4 is 0 Å². The van der Waals surface area contributed by atoms with E-state index >= 15 is 0 Å². The Balaban J connectivity index is 2.05. The molecule has 110 valence electrons. The van der Waals surface area contributed by atoms with Crippen LogP contribution in [0.4, 0.5) is 0 Å². The van der Waals surface area contributed by atoms with Crippen molar-refractivity contribution in [2.75, 3.05) is 12.3 Å². The van der Waals surface area contributed by atoms with Crippen molar-refractivity contribution < 1.29 is 18.3 Å². The molecule has 0 aromatic rings. The number of rotatable bonds is 4. The molecule has 1 saturated carbocycles. The summed E-state index contributed by atoms with van der Waals surface area (Å²) in [4.78, 5) is 11.2. The third kappa shape index (κ3) is 3.69. The highest BCUT2D eigenvalue weighted by atomic mass is 32.2. The van der Waals surface area contributed by atoms with Crippen LogP contribution in [0.25, 0.3) is 0 Å². The normalized spacial score (nSPS) is 27.3. The quantitative estimate of drug-likeness (QED) is 0.857. The average molecular weight is 289 g/mol. The van der Waals surface area contributed by atoms with Crippen LogP contribution >= 0.6 is 0 Å². The molecule has 0 bridgehead atoms. The van der Waals surface area contributed by atoms with Gasteiger partial charge in [0.05, 0.1) is 5.75 Å². The number of hydrogen-bond donors (Lipinski definition) is 1. The Morgan fingerprint density at radius 2 is 1.68 bits per heavy atom. The van der Waals surface area contributed by atoms with E-state index in [-0.39, 0.29) is 11.7 Å². The maximum absolute atomic E-state index is 12.4. The van der Waals surface area contributed by atoms with Gasteiger partial charge in [-0.15, -0.1) is 0 Å². The number of carboxylic acid groups (broad SMARTS) is 1. The molecule has 1 saturated heterocycles. The van der Waals surface area contributed by atoms with E-state index in [2.05, 4.69) is 0 Å². The number of carboxylic acids is 1. The van der Waals surface area contributed by atoms with Gasteiger partial charge in [0.25, 0.3) is 0 Å². The lowest BCUT2D eigenvalue weighted by molar-refractivity contribution is -0.142. The maximum atomic E-state index is 12.4. The van der Waals surface area contributed by atoms with Crippen LogP contribution in [0.15, 0.2) is 0 Å². The summed E-state index contributed by atoms with van der Waals surface area (Å²) in [5.41, 5.74) is 0. The van der Waals surface area contributed by atoms with Crippen molar-refractivity contribution in [3.8, 4) is 0 Å². The van der Waals surface area contributed by atoms with Crippen molar-refractivity contribution in [2.45, 2.75) is 57.4 Å². The standard InChI is InChI=1S/C13H23NO4S/c15-13(16)12-8-4-5-9-14(12)19(17,18)10-11-6-2-1-3-7-11/h11-12H,1-10H2,(H,15,16)/t12-/m1/s1. The highest BCUT2D eigenvalue weighted by molar-refractivity contribution is 7.89. The van der Waals surface area contributed by atoms with Gasteiger partial charge in [-0.1, -0.05) is 19.3 Å². The first-order valence-corrected chi connectivity index (χ1v) is 8.84. The van der Waals surface area contributed by atoms with Crippen molar-refractivity contribution in [3.63, 3.8) is 0 Å². The van der Waals surface area contributed by atoms with Gasteiger partial charge in [0, 0.05) is 6.54 Å². The minimum absolute atomic E-state index is 0.136. The van der Waals surface area contributed by atoms with Gasteiger partial charge in [-0.05, 0) is 38.0 Å². The van der Waals surface area contributed by atoms with E-state index in [0.29, 0.717) is 13.0 Å². The van der Waals surface area contributed by atoms with Crippen LogP contribution in [0, 0.1) is 5.92 Å². The number of nitrogens with zero attached hydrogens (tertiary/aromatic N) is 1. The summed E-state index contributed by atoms with van der Waals surface area (Å²) < 4.78 is 26.1. The van der Waals surface area contributed by atoms with Gasteiger partial charge in [0.2, 0.25) is 10.0 Å². The molecule has 0 radical (unpaired) electrons. The number of sulfonamides is 1. The molecular weight excluding hydrogens is 266 g/mol. The topological polar surface area (TPSA) is 74.7 Å². The Morgan fingerprint density at radius 1 is 1.05 bits per heavy atom. The van der Waals surface area contributed by atoms with Crippen LogP contribution in [0.2, 0.25) is 0 Å². The van der Waals surface area contributed by atoms with Crippen LogP contribution in [0.1, 0.15) is 51.4 Å². The Kier molecular flexibility index (Phi) is 4.84. The largest absolute Gasteiger partial charge is 0.480 e. The van der Waals surface area contributed by atoms with E-state index < -0.39 is 22.0 Å². The van der Waals surface area contributed by atoms with E-state index in [4.69, 9.17) is 0 Å². The van der Waals surface area contributed by atoms with Gasteiger partial charge in [-0.3, -0.25) is 4.79 Å². The number of hydrogen-bond acceptors (Lipinski definition) is 3. The molecule has 0 spiro atoms. The smallest absolute Gasteiger partial charge is 0.322 e. The molecule has 2 rings (SSSR count). The lowest BCUT2D eigenvalue weighted by Crippen LogP contribution is -2.49. The zero-order valence-electron chi connectivity index (χ0n) is 11.3. The van der Waals surface area contributed by atoms with Gasteiger partial charge in [0.15, 0.2) is 0 Å². The summed E-state index contributed by atoms with van der Waals surface area (Å²) >= 11 is 0. The van der Waals surface area contributed by atoms with Gasteiger partial charge in [0.1, 0.15) is 6.04 Å². The predicted molar refractivity (Wildman–Crippen MR) is 72.3 cm³/mol. The second-order valence-corrected chi connectivity index (χ2v) is 7.71. The summed E-state index contributed by atoms with van der Waals surface area (Å²) in [6.45, 7) is 0.367. The molecule has 1 atom stereocenters. The Bertz CT molecular complexity index is 414. The Labute approximate surface area is 115 Å².